The van der Waals surface area contributed by atoms with Gasteiger partial charge in [0.15, 0.2) is 11.6 Å². The monoisotopic (exact) mass is 531 g/mol. The van der Waals surface area contributed by atoms with Crippen molar-refractivity contribution in [1.29, 1.82) is 0 Å². The Kier molecular flexibility index (Phi) is 7.25. The van der Waals surface area contributed by atoms with Crippen molar-refractivity contribution in [1.82, 2.24) is 40.4 Å². The molecule has 2 heterocycles. The summed E-state index contributed by atoms with van der Waals surface area (Å²) in [4.78, 5) is 2.29. The zero-order valence-electron chi connectivity index (χ0n) is 20.2. The van der Waals surface area contributed by atoms with Crippen molar-refractivity contribution in [3.05, 3.63) is 100 Å². The molecule has 9 nitrogen and oxygen atoms in total. The minimum atomic E-state index is 0.472. The van der Waals surface area contributed by atoms with Crippen LogP contribution in [-0.2, 0) is 0 Å². The second-order valence-corrected chi connectivity index (χ2v) is 8.98. The minimum absolute atomic E-state index is 0.472. The maximum Gasteiger partial charge on any atom is 0.190 e. The molecule has 186 valence electrons. The number of tetrazole rings is 2. The van der Waals surface area contributed by atoms with Crippen molar-refractivity contribution < 1.29 is 0 Å². The predicted octanol–water partition coefficient (Wildman–Crippen LogP) is 5.38. The van der Waals surface area contributed by atoms with Crippen molar-refractivity contribution in [2.24, 2.45) is 0 Å². The molecule has 5 aromatic rings. The van der Waals surface area contributed by atoms with Crippen LogP contribution in [0.3, 0.4) is 0 Å². The molecule has 5 rings (SSSR count). The van der Waals surface area contributed by atoms with Gasteiger partial charge >= 0.3 is 0 Å². The second kappa shape index (κ2) is 10.9. The summed E-state index contributed by atoms with van der Waals surface area (Å²) >= 11 is 12.2. The van der Waals surface area contributed by atoms with E-state index >= 15 is 0 Å². The van der Waals surface area contributed by atoms with Crippen LogP contribution in [0.1, 0.15) is 31.1 Å². The summed E-state index contributed by atoms with van der Waals surface area (Å²) in [5, 5.41) is 26.3. The molecule has 0 atom stereocenters. The van der Waals surface area contributed by atoms with Crippen molar-refractivity contribution in [3.63, 3.8) is 0 Å². The Morgan fingerprint density at radius 1 is 0.703 bits per heavy atom. The molecule has 0 saturated carbocycles. The van der Waals surface area contributed by atoms with Gasteiger partial charge in [0.1, 0.15) is 0 Å². The molecule has 0 bridgehead atoms. The van der Waals surface area contributed by atoms with E-state index in [9.17, 15) is 0 Å². The maximum atomic E-state index is 6.10. The molecule has 0 amide bonds. The van der Waals surface area contributed by atoms with Gasteiger partial charge in [0.2, 0.25) is 0 Å². The molecule has 3 aromatic carbocycles. The zero-order valence-corrected chi connectivity index (χ0v) is 21.7. The third kappa shape index (κ3) is 5.23. The second-order valence-electron chi connectivity index (χ2n) is 8.10. The van der Waals surface area contributed by atoms with Crippen LogP contribution < -0.4 is 4.90 Å². The molecule has 0 radical (unpaired) electrons. The molecule has 0 aliphatic rings. The molecular formula is C26H23Cl2N9. The molecule has 0 unspecified atom stereocenters. The van der Waals surface area contributed by atoms with E-state index in [1.54, 1.807) is 33.6 Å². The van der Waals surface area contributed by atoms with Crippen LogP contribution in [0.2, 0.25) is 10.0 Å². The first-order chi connectivity index (χ1) is 18.1. The van der Waals surface area contributed by atoms with Gasteiger partial charge in [0.05, 0.1) is 16.9 Å². The summed E-state index contributed by atoms with van der Waals surface area (Å²) in [7, 11) is 0. The van der Waals surface area contributed by atoms with Gasteiger partial charge in [-0.15, -0.1) is 10.2 Å². The van der Waals surface area contributed by atoms with Crippen molar-refractivity contribution in [2.45, 2.75) is 13.8 Å². The number of hydrogen-bond acceptors (Lipinski definition) is 7. The Bertz CT molecular complexity index is 1420. The number of rotatable bonds is 8. The van der Waals surface area contributed by atoms with E-state index in [2.05, 4.69) is 74.1 Å². The maximum absolute atomic E-state index is 6.10. The minimum Gasteiger partial charge on any atom is -0.372 e. The quantitative estimate of drug-likeness (QED) is 0.265. The lowest BCUT2D eigenvalue weighted by atomic mass is 10.1. The van der Waals surface area contributed by atoms with Gasteiger partial charge in [0.25, 0.3) is 0 Å². The average Bonchev–Trinajstić information content (AvgIpc) is 3.60. The van der Waals surface area contributed by atoms with Gasteiger partial charge in [-0.2, -0.15) is 9.36 Å². The Hall–Kier alpha value is -4.08. The number of aromatic nitrogens is 8. The number of halogens is 2. The Morgan fingerprint density at radius 3 is 1.59 bits per heavy atom. The van der Waals surface area contributed by atoms with Gasteiger partial charge in [-0.3, -0.25) is 0 Å². The van der Waals surface area contributed by atoms with Crippen molar-refractivity contribution in [3.8, 4) is 11.4 Å². The van der Waals surface area contributed by atoms with E-state index in [0.717, 1.165) is 35.7 Å². The highest BCUT2D eigenvalue weighted by molar-refractivity contribution is 6.30. The normalized spacial score (nSPS) is 10.9. The fourth-order valence-corrected chi connectivity index (χ4v) is 4.24. The van der Waals surface area contributed by atoms with Crippen LogP contribution in [0.15, 0.2) is 72.8 Å². The van der Waals surface area contributed by atoms with Crippen LogP contribution in [0, 0.1) is 0 Å². The van der Waals surface area contributed by atoms with E-state index in [1.807, 2.05) is 30.3 Å². The van der Waals surface area contributed by atoms with Crippen molar-refractivity contribution in [2.75, 3.05) is 18.0 Å². The number of hydrogen-bond donors (Lipinski definition) is 0. The summed E-state index contributed by atoms with van der Waals surface area (Å²) in [5.74, 6) is 0.945. The zero-order chi connectivity index (χ0) is 25.8. The van der Waals surface area contributed by atoms with Crippen LogP contribution in [0.4, 0.5) is 5.69 Å². The van der Waals surface area contributed by atoms with Gasteiger partial charge in [-0.05, 0) is 107 Å². The van der Waals surface area contributed by atoms with Gasteiger partial charge in [0, 0.05) is 28.8 Å². The van der Waals surface area contributed by atoms with Crippen molar-refractivity contribution >= 4 is 40.5 Å². The molecule has 0 aliphatic carbocycles. The van der Waals surface area contributed by atoms with E-state index in [4.69, 9.17) is 23.2 Å². The predicted molar refractivity (Wildman–Crippen MR) is 145 cm³/mol. The number of benzene rings is 3. The smallest absolute Gasteiger partial charge is 0.190 e. The van der Waals surface area contributed by atoms with E-state index in [1.165, 1.54) is 0 Å². The number of nitrogens with zero attached hydrogens (tertiary/aromatic N) is 9. The molecule has 0 N–H and O–H groups in total. The highest BCUT2D eigenvalue weighted by atomic mass is 35.5. The average molecular weight is 532 g/mol. The summed E-state index contributed by atoms with van der Waals surface area (Å²) < 4.78 is 3.26. The fourth-order valence-electron chi connectivity index (χ4n) is 3.99. The SMILES string of the molecule is CCN(CC)c1ccc(C=C(c2nnnn2-c2ccc(Cl)cc2)c2nnnn2-c2ccc(Cl)cc2)cc1. The standard InChI is InChI=1S/C26H23Cl2N9/c1-3-35(4-2)21-11-5-18(6-12-21)17-24(25-29-31-33-36(25)22-13-7-19(27)8-14-22)26-30-32-34-37(26)23-15-9-20(28)10-16-23/h5-17H,3-4H2,1-2H3. The summed E-state index contributed by atoms with van der Waals surface area (Å²) in [6.07, 6.45) is 1.97. The highest BCUT2D eigenvalue weighted by Gasteiger charge is 2.22. The Labute approximate surface area is 223 Å². The molecule has 0 saturated heterocycles. The Morgan fingerprint density at radius 2 is 1.16 bits per heavy atom. The molecule has 0 spiro atoms. The molecular weight excluding hydrogens is 509 g/mol. The van der Waals surface area contributed by atoms with Crippen LogP contribution in [0.5, 0.6) is 0 Å². The first kappa shape index (κ1) is 24.6. The first-order valence-corrected chi connectivity index (χ1v) is 12.5. The molecule has 2 aromatic heterocycles. The van der Waals surface area contributed by atoms with E-state index in [-0.39, 0.29) is 0 Å². The highest BCUT2D eigenvalue weighted by Crippen LogP contribution is 2.27. The fraction of sp³-hybridized carbons (Fsp3) is 0.154. The summed E-state index contributed by atoms with van der Waals surface area (Å²) in [5.41, 5.74) is 4.23. The third-order valence-electron chi connectivity index (χ3n) is 5.90. The lowest BCUT2D eigenvalue weighted by Crippen LogP contribution is -2.21. The third-order valence-corrected chi connectivity index (χ3v) is 6.40. The summed E-state index contributed by atoms with van der Waals surface area (Å²) in [6.45, 7) is 6.15. The van der Waals surface area contributed by atoms with E-state index in [0.29, 0.717) is 27.3 Å². The number of anilines is 1. The first-order valence-electron chi connectivity index (χ1n) is 11.7. The molecule has 0 fully saturated rings. The van der Waals surface area contributed by atoms with Crippen LogP contribution in [0.25, 0.3) is 23.0 Å². The lowest BCUT2D eigenvalue weighted by molar-refractivity contribution is 0.779. The van der Waals surface area contributed by atoms with Gasteiger partial charge < -0.3 is 4.90 Å². The van der Waals surface area contributed by atoms with Crippen LogP contribution >= 0.6 is 23.2 Å². The molecule has 0 aliphatic heterocycles. The van der Waals surface area contributed by atoms with E-state index < -0.39 is 0 Å². The summed E-state index contributed by atoms with van der Waals surface area (Å²) in [6, 6.07) is 22.8. The lowest BCUT2D eigenvalue weighted by Gasteiger charge is -2.20. The van der Waals surface area contributed by atoms with Gasteiger partial charge in [-0.25, -0.2) is 0 Å². The largest absolute Gasteiger partial charge is 0.372 e. The topological polar surface area (TPSA) is 90.4 Å². The molecule has 11 heteroatoms. The van der Waals surface area contributed by atoms with Crippen LogP contribution in [-0.4, -0.2) is 53.5 Å². The van der Waals surface area contributed by atoms with Gasteiger partial charge in [-0.1, -0.05) is 35.3 Å². The Balaban J connectivity index is 1.65. The molecule has 37 heavy (non-hydrogen) atoms.